The van der Waals surface area contributed by atoms with Crippen LogP contribution in [0.1, 0.15) is 16.9 Å². The van der Waals surface area contributed by atoms with Crippen molar-refractivity contribution in [3.8, 4) is 11.4 Å². The van der Waals surface area contributed by atoms with Gasteiger partial charge in [0.15, 0.2) is 0 Å². The lowest BCUT2D eigenvalue weighted by molar-refractivity contribution is 0.0932. The van der Waals surface area contributed by atoms with Gasteiger partial charge in [-0.2, -0.15) is 0 Å². The molecule has 7 heteroatoms. The molecule has 0 saturated carbocycles. The first kappa shape index (κ1) is 15.4. The fraction of sp³-hybridized carbons (Fsp3) is 0.278. The van der Waals surface area contributed by atoms with Gasteiger partial charge in [-0.25, -0.2) is 9.97 Å². The van der Waals surface area contributed by atoms with E-state index in [2.05, 4.69) is 25.2 Å². The molecule has 128 valence electrons. The highest BCUT2D eigenvalue weighted by molar-refractivity contribution is 5.93. The van der Waals surface area contributed by atoms with E-state index >= 15 is 0 Å². The maximum Gasteiger partial charge on any atom is 0.268 e. The molecule has 3 aromatic rings. The molecule has 0 aromatic carbocycles. The normalized spacial score (nSPS) is 17.0. The van der Waals surface area contributed by atoms with Crippen LogP contribution in [0.3, 0.4) is 0 Å². The van der Waals surface area contributed by atoms with Gasteiger partial charge in [-0.15, -0.1) is 0 Å². The molecule has 1 amide bonds. The lowest BCUT2D eigenvalue weighted by Gasteiger charge is -2.17. The van der Waals surface area contributed by atoms with E-state index in [1.165, 1.54) is 0 Å². The Morgan fingerprint density at radius 2 is 2.24 bits per heavy atom. The number of H-pyrrole nitrogens is 1. The zero-order valence-corrected chi connectivity index (χ0v) is 14.0. The second-order valence-corrected chi connectivity index (χ2v) is 6.24. The molecule has 2 N–H and O–H groups in total. The monoisotopic (exact) mass is 336 g/mol. The Morgan fingerprint density at radius 1 is 1.32 bits per heavy atom. The van der Waals surface area contributed by atoms with Crippen molar-refractivity contribution in [2.75, 3.05) is 18.0 Å². The maximum absolute atomic E-state index is 12.3. The Morgan fingerprint density at radius 3 is 3.00 bits per heavy atom. The molecular formula is C18H20N6O. The smallest absolute Gasteiger partial charge is 0.268 e. The number of nitrogens with one attached hydrogen (secondary N) is 2. The summed E-state index contributed by atoms with van der Waals surface area (Å²) in [6.07, 6.45) is 6.40. The number of hydrogen-bond donors (Lipinski definition) is 2. The number of hydrogen-bond acceptors (Lipinski definition) is 4. The predicted molar refractivity (Wildman–Crippen MR) is 95.3 cm³/mol. The van der Waals surface area contributed by atoms with Gasteiger partial charge in [0.2, 0.25) is 5.95 Å². The second-order valence-electron chi connectivity index (χ2n) is 6.24. The number of rotatable bonds is 4. The first-order valence-corrected chi connectivity index (χ1v) is 8.34. The summed E-state index contributed by atoms with van der Waals surface area (Å²) in [5.74, 6) is 0.656. The van der Waals surface area contributed by atoms with Crippen LogP contribution in [0.2, 0.25) is 0 Å². The van der Waals surface area contributed by atoms with Crippen LogP contribution in [0.5, 0.6) is 0 Å². The summed E-state index contributed by atoms with van der Waals surface area (Å²) in [6.45, 7) is 1.54. The Labute approximate surface area is 145 Å². The van der Waals surface area contributed by atoms with Gasteiger partial charge in [0.25, 0.3) is 5.91 Å². The van der Waals surface area contributed by atoms with Crippen molar-refractivity contribution in [1.82, 2.24) is 24.8 Å². The van der Waals surface area contributed by atoms with Crippen molar-refractivity contribution in [2.45, 2.75) is 12.5 Å². The molecule has 4 heterocycles. The van der Waals surface area contributed by atoms with Gasteiger partial charge >= 0.3 is 0 Å². The van der Waals surface area contributed by atoms with E-state index in [1.54, 1.807) is 6.20 Å². The van der Waals surface area contributed by atoms with Gasteiger partial charge in [0.1, 0.15) is 5.69 Å². The number of aromatic nitrogens is 4. The van der Waals surface area contributed by atoms with Crippen molar-refractivity contribution < 1.29 is 4.79 Å². The third-order valence-corrected chi connectivity index (χ3v) is 4.50. The molecule has 25 heavy (non-hydrogen) atoms. The average molecular weight is 336 g/mol. The molecule has 1 unspecified atom stereocenters. The van der Waals surface area contributed by atoms with Gasteiger partial charge in [-0.3, -0.25) is 4.79 Å². The molecule has 1 fully saturated rings. The van der Waals surface area contributed by atoms with Gasteiger partial charge < -0.3 is 19.8 Å². The Hall–Kier alpha value is -3.09. The van der Waals surface area contributed by atoms with Crippen molar-refractivity contribution in [1.29, 1.82) is 0 Å². The summed E-state index contributed by atoms with van der Waals surface area (Å²) in [6, 6.07) is 9.61. The quantitative estimate of drug-likeness (QED) is 0.762. The number of carbonyl (C=O) groups is 1. The highest BCUT2D eigenvalue weighted by atomic mass is 16.2. The number of carbonyl (C=O) groups excluding carboxylic acids is 1. The third-order valence-electron chi connectivity index (χ3n) is 4.50. The van der Waals surface area contributed by atoms with E-state index in [4.69, 9.17) is 0 Å². The molecule has 1 aliphatic rings. The summed E-state index contributed by atoms with van der Waals surface area (Å²) < 4.78 is 1.82. The highest BCUT2D eigenvalue weighted by Crippen LogP contribution is 2.20. The minimum Gasteiger partial charge on any atom is -0.360 e. The van der Waals surface area contributed by atoms with E-state index in [1.807, 2.05) is 54.3 Å². The van der Waals surface area contributed by atoms with Gasteiger partial charge in [-0.1, -0.05) is 0 Å². The molecule has 1 atom stereocenters. The minimum absolute atomic E-state index is 0.0413. The van der Waals surface area contributed by atoms with Crippen LogP contribution < -0.4 is 10.2 Å². The average Bonchev–Trinajstić information content (AvgIpc) is 3.36. The van der Waals surface area contributed by atoms with Gasteiger partial charge in [0, 0.05) is 44.8 Å². The fourth-order valence-corrected chi connectivity index (χ4v) is 3.16. The summed E-state index contributed by atoms with van der Waals surface area (Å²) in [4.78, 5) is 26.7. The predicted octanol–water partition coefficient (Wildman–Crippen LogP) is 1.82. The van der Waals surface area contributed by atoms with Crippen LogP contribution in [0.4, 0.5) is 5.95 Å². The zero-order chi connectivity index (χ0) is 17.2. The molecule has 7 nitrogen and oxygen atoms in total. The lowest BCUT2D eigenvalue weighted by atomic mass is 10.2. The zero-order valence-electron chi connectivity index (χ0n) is 14.0. The molecular weight excluding hydrogens is 316 g/mol. The van der Waals surface area contributed by atoms with Crippen molar-refractivity contribution in [3.05, 3.63) is 54.6 Å². The van der Waals surface area contributed by atoms with Crippen molar-refractivity contribution in [3.63, 3.8) is 0 Å². The van der Waals surface area contributed by atoms with Crippen molar-refractivity contribution in [2.24, 2.45) is 7.05 Å². The van der Waals surface area contributed by atoms with Gasteiger partial charge in [0.05, 0.1) is 11.4 Å². The van der Waals surface area contributed by atoms with Crippen LogP contribution >= 0.6 is 0 Å². The van der Waals surface area contributed by atoms with Gasteiger partial charge in [-0.05, 0) is 36.8 Å². The van der Waals surface area contributed by atoms with E-state index < -0.39 is 0 Å². The molecule has 0 spiro atoms. The van der Waals surface area contributed by atoms with Crippen LogP contribution in [-0.2, 0) is 7.05 Å². The molecule has 0 bridgehead atoms. The molecule has 1 aliphatic heterocycles. The number of anilines is 1. The van der Waals surface area contributed by atoms with Crippen LogP contribution in [0, 0.1) is 0 Å². The summed E-state index contributed by atoms with van der Waals surface area (Å²) in [7, 11) is 1.87. The SMILES string of the molecule is Cn1cccc1C(=O)NC1CCN(c2nccc(-c3ccc[nH]3)n2)C1. The maximum atomic E-state index is 12.3. The highest BCUT2D eigenvalue weighted by Gasteiger charge is 2.26. The topological polar surface area (TPSA) is 78.8 Å². The second kappa shape index (κ2) is 6.43. The number of aryl methyl sites for hydroxylation is 1. The number of amides is 1. The Kier molecular flexibility index (Phi) is 3.97. The molecule has 3 aromatic heterocycles. The summed E-state index contributed by atoms with van der Waals surface area (Å²) in [5, 5.41) is 3.10. The van der Waals surface area contributed by atoms with E-state index in [0.717, 1.165) is 24.4 Å². The fourth-order valence-electron chi connectivity index (χ4n) is 3.16. The summed E-state index contributed by atoms with van der Waals surface area (Å²) in [5.41, 5.74) is 2.51. The van der Waals surface area contributed by atoms with E-state index in [9.17, 15) is 4.79 Å². The van der Waals surface area contributed by atoms with E-state index in [-0.39, 0.29) is 11.9 Å². The van der Waals surface area contributed by atoms with Crippen molar-refractivity contribution >= 4 is 11.9 Å². The largest absolute Gasteiger partial charge is 0.360 e. The third kappa shape index (κ3) is 3.13. The molecule has 4 rings (SSSR count). The van der Waals surface area contributed by atoms with Crippen LogP contribution in [0.15, 0.2) is 48.9 Å². The molecule has 0 aliphatic carbocycles. The molecule has 1 saturated heterocycles. The Balaban J connectivity index is 1.43. The first-order chi connectivity index (χ1) is 12.2. The first-order valence-electron chi connectivity index (χ1n) is 8.34. The lowest BCUT2D eigenvalue weighted by Crippen LogP contribution is -2.38. The van der Waals surface area contributed by atoms with Crippen LogP contribution in [-0.4, -0.2) is 44.6 Å². The minimum atomic E-state index is -0.0413. The van der Waals surface area contributed by atoms with Crippen LogP contribution in [0.25, 0.3) is 11.4 Å². The molecule has 0 radical (unpaired) electrons. The summed E-state index contributed by atoms with van der Waals surface area (Å²) >= 11 is 0. The van der Waals surface area contributed by atoms with E-state index in [0.29, 0.717) is 18.2 Å². The standard InChI is InChI=1S/C18H20N6O/c1-23-10-3-5-16(23)17(25)21-13-7-11-24(12-13)18-20-9-6-15(22-18)14-4-2-8-19-14/h2-6,8-10,13,19H,7,11-12H2,1H3,(H,21,25). The number of aromatic amines is 1. The number of nitrogens with zero attached hydrogens (tertiary/aromatic N) is 4. The Bertz CT molecular complexity index is 869.